The van der Waals surface area contributed by atoms with E-state index in [1.165, 1.54) is 0 Å². The predicted molar refractivity (Wildman–Crippen MR) is 101 cm³/mol. The second-order valence-electron chi connectivity index (χ2n) is 6.57. The van der Waals surface area contributed by atoms with E-state index in [4.69, 9.17) is 26.2 Å². The van der Waals surface area contributed by atoms with E-state index in [2.05, 4.69) is 5.32 Å². The van der Waals surface area contributed by atoms with Crippen LogP contribution in [0, 0.1) is 0 Å². The van der Waals surface area contributed by atoms with Crippen molar-refractivity contribution < 1.29 is 24.2 Å². The molecule has 150 valence electrons. The van der Waals surface area contributed by atoms with E-state index in [1.54, 1.807) is 29.0 Å². The van der Waals surface area contributed by atoms with Crippen molar-refractivity contribution in [2.24, 2.45) is 0 Å². The Morgan fingerprint density at radius 3 is 2.93 bits per heavy atom. The van der Waals surface area contributed by atoms with E-state index in [0.717, 1.165) is 0 Å². The van der Waals surface area contributed by atoms with Crippen molar-refractivity contribution in [2.75, 3.05) is 46.4 Å². The van der Waals surface area contributed by atoms with Gasteiger partial charge in [0.1, 0.15) is 11.9 Å². The van der Waals surface area contributed by atoms with E-state index in [1.807, 2.05) is 19.1 Å². The summed E-state index contributed by atoms with van der Waals surface area (Å²) in [5, 5.41) is 12.2. The molecule has 0 aliphatic carbocycles. The number of hydrogen-bond acceptors (Lipinski definition) is 5. The summed E-state index contributed by atoms with van der Waals surface area (Å²) in [6.07, 6.45) is -0.460. The number of carbonyl (C=O) groups excluding carboxylic acids is 1. The smallest absolute Gasteiger partial charge is 0.317 e. The van der Waals surface area contributed by atoms with Gasteiger partial charge in [-0.3, -0.25) is 9.69 Å². The predicted octanol–water partition coefficient (Wildman–Crippen LogP) is 1.53. The minimum atomic E-state index is -0.893. The fourth-order valence-corrected chi connectivity index (χ4v) is 2.98. The number of aliphatic carboxylic acids is 1. The molecule has 2 unspecified atom stereocenters. The highest BCUT2D eigenvalue weighted by Gasteiger charge is 2.25. The SMILES string of the molecule is CC(CNC(=O)N1CCOC(CN(C)CC(=O)O)C1)Oc1ccccc1Cl. The fraction of sp³-hybridized carbons (Fsp3) is 0.556. The molecular formula is C18H26ClN3O5. The van der Waals surface area contributed by atoms with Crippen molar-refractivity contribution in [3.63, 3.8) is 0 Å². The fourth-order valence-electron chi connectivity index (χ4n) is 2.80. The number of benzene rings is 1. The third-order valence-electron chi connectivity index (χ3n) is 4.05. The third-order valence-corrected chi connectivity index (χ3v) is 4.36. The van der Waals surface area contributed by atoms with Crippen molar-refractivity contribution in [1.82, 2.24) is 15.1 Å². The molecule has 1 saturated heterocycles. The topological polar surface area (TPSA) is 91.3 Å². The summed E-state index contributed by atoms with van der Waals surface area (Å²) in [6.45, 7) is 3.90. The molecular weight excluding hydrogens is 374 g/mol. The van der Waals surface area contributed by atoms with Gasteiger partial charge in [-0.05, 0) is 26.1 Å². The number of nitrogens with zero attached hydrogens (tertiary/aromatic N) is 2. The van der Waals surface area contributed by atoms with Gasteiger partial charge in [0.05, 0.1) is 30.8 Å². The summed E-state index contributed by atoms with van der Waals surface area (Å²) < 4.78 is 11.4. The Morgan fingerprint density at radius 2 is 2.22 bits per heavy atom. The first-order valence-electron chi connectivity index (χ1n) is 8.81. The Balaban J connectivity index is 1.76. The molecule has 2 atom stereocenters. The van der Waals surface area contributed by atoms with E-state index in [0.29, 0.717) is 43.6 Å². The van der Waals surface area contributed by atoms with Crippen LogP contribution in [0.4, 0.5) is 4.79 Å². The first-order chi connectivity index (χ1) is 12.8. The molecule has 2 amide bonds. The van der Waals surface area contributed by atoms with Crippen LogP contribution in [0.15, 0.2) is 24.3 Å². The molecule has 1 aromatic carbocycles. The summed E-state index contributed by atoms with van der Waals surface area (Å²) in [4.78, 5) is 26.5. The molecule has 27 heavy (non-hydrogen) atoms. The van der Waals surface area contributed by atoms with Gasteiger partial charge >= 0.3 is 12.0 Å². The molecule has 1 aliphatic heterocycles. The highest BCUT2D eigenvalue weighted by Crippen LogP contribution is 2.24. The lowest BCUT2D eigenvalue weighted by Crippen LogP contribution is -2.53. The van der Waals surface area contributed by atoms with Crippen LogP contribution in [0.1, 0.15) is 6.92 Å². The second kappa shape index (κ2) is 10.3. The molecule has 1 fully saturated rings. The summed E-state index contributed by atoms with van der Waals surface area (Å²) >= 11 is 6.07. The van der Waals surface area contributed by atoms with Gasteiger partial charge in [-0.15, -0.1) is 0 Å². The molecule has 1 aromatic rings. The number of urea groups is 1. The average Bonchev–Trinajstić information content (AvgIpc) is 2.61. The number of ether oxygens (including phenoxy) is 2. The van der Waals surface area contributed by atoms with Crippen molar-refractivity contribution in [3.8, 4) is 5.75 Å². The Kier molecular flexibility index (Phi) is 8.15. The van der Waals surface area contributed by atoms with Crippen molar-refractivity contribution >= 4 is 23.6 Å². The van der Waals surface area contributed by atoms with Gasteiger partial charge in [-0.2, -0.15) is 0 Å². The van der Waals surface area contributed by atoms with Crippen LogP contribution in [0.2, 0.25) is 5.02 Å². The molecule has 1 heterocycles. The number of carboxylic acids is 1. The van der Waals surface area contributed by atoms with E-state index < -0.39 is 5.97 Å². The number of carbonyl (C=O) groups is 2. The van der Waals surface area contributed by atoms with Gasteiger partial charge in [-0.1, -0.05) is 23.7 Å². The quantitative estimate of drug-likeness (QED) is 0.689. The first kappa shape index (κ1) is 21.3. The number of likely N-dealkylation sites (N-methyl/N-ethyl adjacent to an activating group) is 1. The van der Waals surface area contributed by atoms with Crippen molar-refractivity contribution in [3.05, 3.63) is 29.3 Å². The summed E-state index contributed by atoms with van der Waals surface area (Å²) in [6, 6.07) is 6.99. The third kappa shape index (κ3) is 7.24. The molecule has 0 radical (unpaired) electrons. The van der Waals surface area contributed by atoms with E-state index in [-0.39, 0.29) is 24.8 Å². The molecule has 0 saturated carbocycles. The molecule has 0 aromatic heterocycles. The zero-order valence-electron chi connectivity index (χ0n) is 15.6. The Hall–Kier alpha value is -2.03. The van der Waals surface area contributed by atoms with Gasteiger partial charge in [0.15, 0.2) is 0 Å². The monoisotopic (exact) mass is 399 g/mol. The van der Waals surface area contributed by atoms with Gasteiger partial charge in [0.2, 0.25) is 0 Å². The molecule has 1 aliphatic rings. The van der Waals surface area contributed by atoms with E-state index in [9.17, 15) is 9.59 Å². The Morgan fingerprint density at radius 1 is 1.48 bits per heavy atom. The minimum Gasteiger partial charge on any atom is -0.487 e. The normalized spacial score (nSPS) is 18.2. The second-order valence-corrected chi connectivity index (χ2v) is 6.98. The van der Waals surface area contributed by atoms with Gasteiger partial charge < -0.3 is 24.8 Å². The molecule has 2 rings (SSSR count). The van der Waals surface area contributed by atoms with Crippen LogP contribution in [0.25, 0.3) is 0 Å². The highest BCUT2D eigenvalue weighted by atomic mass is 35.5. The number of nitrogens with one attached hydrogen (secondary N) is 1. The first-order valence-corrected chi connectivity index (χ1v) is 9.19. The largest absolute Gasteiger partial charge is 0.487 e. The number of para-hydroxylation sites is 1. The number of hydrogen-bond donors (Lipinski definition) is 2. The molecule has 8 nitrogen and oxygen atoms in total. The number of amides is 2. The highest BCUT2D eigenvalue weighted by molar-refractivity contribution is 6.32. The van der Waals surface area contributed by atoms with Gasteiger partial charge in [0, 0.05) is 19.6 Å². The molecule has 9 heteroatoms. The molecule has 2 N–H and O–H groups in total. The molecule has 0 spiro atoms. The van der Waals surface area contributed by atoms with Crippen LogP contribution >= 0.6 is 11.6 Å². The Labute approximate surface area is 164 Å². The van der Waals surface area contributed by atoms with Gasteiger partial charge in [-0.25, -0.2) is 4.79 Å². The summed E-state index contributed by atoms with van der Waals surface area (Å²) in [7, 11) is 1.71. The van der Waals surface area contributed by atoms with Crippen LogP contribution in [0.3, 0.4) is 0 Å². The standard InChI is InChI=1S/C18H26ClN3O5/c1-13(27-16-6-4-3-5-15(16)19)9-20-18(25)22-7-8-26-14(11-22)10-21(2)12-17(23)24/h3-6,13-14H,7-12H2,1-2H3,(H,20,25)(H,23,24). The Bertz CT molecular complexity index is 645. The van der Waals surface area contributed by atoms with E-state index >= 15 is 0 Å². The molecule has 0 bridgehead atoms. The number of carboxylic acid groups (broad SMARTS) is 1. The number of halogens is 1. The van der Waals surface area contributed by atoms with Crippen molar-refractivity contribution in [2.45, 2.75) is 19.1 Å². The summed E-state index contributed by atoms with van der Waals surface area (Å²) in [5.41, 5.74) is 0. The lowest BCUT2D eigenvalue weighted by molar-refractivity contribution is -0.138. The van der Waals surface area contributed by atoms with Crippen LogP contribution in [-0.4, -0.2) is 85.5 Å². The maximum absolute atomic E-state index is 12.4. The van der Waals surface area contributed by atoms with Crippen molar-refractivity contribution in [1.29, 1.82) is 0 Å². The maximum atomic E-state index is 12.4. The summed E-state index contributed by atoms with van der Waals surface area (Å²) in [5.74, 6) is -0.316. The lowest BCUT2D eigenvalue weighted by Gasteiger charge is -2.34. The zero-order chi connectivity index (χ0) is 19.8. The number of rotatable bonds is 8. The number of morpholine rings is 1. The minimum absolute atomic E-state index is 0.0665. The van der Waals surface area contributed by atoms with Gasteiger partial charge in [0.25, 0.3) is 0 Å². The maximum Gasteiger partial charge on any atom is 0.317 e. The van der Waals surface area contributed by atoms with Crippen LogP contribution in [-0.2, 0) is 9.53 Å². The lowest BCUT2D eigenvalue weighted by atomic mass is 10.2. The average molecular weight is 400 g/mol. The zero-order valence-corrected chi connectivity index (χ0v) is 16.3. The van der Waals surface area contributed by atoms with Crippen LogP contribution in [0.5, 0.6) is 5.75 Å². The van der Waals surface area contributed by atoms with Crippen LogP contribution < -0.4 is 10.1 Å².